The highest BCUT2D eigenvalue weighted by molar-refractivity contribution is 5.83. The molecule has 0 N–H and O–H groups in total. The fourth-order valence-corrected chi connectivity index (χ4v) is 5.43. The van der Waals surface area contributed by atoms with Crippen LogP contribution in [0.15, 0.2) is 55.3 Å². The molecule has 2 aromatic rings. The standard InChI is InChI=1S/C22H26O/c1-3-11-22(15-18-13-20(22)14-21(18)23-4-2)19-10-9-16-7-5-6-8-17(16)12-19/h4-10,12,18,20-21H,2-3,11,13-15H2,1H3. The second-order valence-electron chi connectivity index (χ2n) is 7.44. The first-order valence-electron chi connectivity index (χ1n) is 9.02. The number of hydrogen-bond donors (Lipinski definition) is 0. The van der Waals surface area contributed by atoms with Crippen LogP contribution in [-0.4, -0.2) is 6.10 Å². The predicted octanol–water partition coefficient (Wildman–Crippen LogP) is 5.84. The predicted molar refractivity (Wildman–Crippen MR) is 96.4 cm³/mol. The summed E-state index contributed by atoms with van der Waals surface area (Å²) in [6.45, 7) is 6.08. The Kier molecular flexibility index (Phi) is 3.67. The molecule has 0 radical (unpaired) electrons. The Balaban J connectivity index is 1.72. The maximum Gasteiger partial charge on any atom is 0.101 e. The first-order valence-corrected chi connectivity index (χ1v) is 9.02. The maximum absolute atomic E-state index is 5.78. The molecule has 2 saturated carbocycles. The van der Waals surface area contributed by atoms with Gasteiger partial charge in [-0.3, -0.25) is 0 Å². The molecule has 1 nitrogen and oxygen atoms in total. The maximum atomic E-state index is 5.78. The van der Waals surface area contributed by atoms with Gasteiger partial charge in [-0.1, -0.05) is 62.4 Å². The molecule has 23 heavy (non-hydrogen) atoms. The molecule has 2 aliphatic rings. The van der Waals surface area contributed by atoms with Gasteiger partial charge in [0, 0.05) is 0 Å². The van der Waals surface area contributed by atoms with Gasteiger partial charge in [0.1, 0.15) is 6.10 Å². The summed E-state index contributed by atoms with van der Waals surface area (Å²) in [4.78, 5) is 0. The second kappa shape index (κ2) is 5.70. The Morgan fingerprint density at radius 3 is 2.70 bits per heavy atom. The molecule has 4 atom stereocenters. The van der Waals surface area contributed by atoms with E-state index in [-0.39, 0.29) is 0 Å². The molecule has 2 aromatic carbocycles. The van der Waals surface area contributed by atoms with Crippen LogP contribution < -0.4 is 0 Å². The third-order valence-electron chi connectivity index (χ3n) is 6.33. The lowest BCUT2D eigenvalue weighted by Crippen LogP contribution is -2.37. The summed E-state index contributed by atoms with van der Waals surface area (Å²) in [6, 6.07) is 15.9. The van der Waals surface area contributed by atoms with Crippen molar-refractivity contribution in [3.63, 3.8) is 0 Å². The van der Waals surface area contributed by atoms with Gasteiger partial charge in [0.25, 0.3) is 0 Å². The van der Waals surface area contributed by atoms with E-state index in [2.05, 4.69) is 56.0 Å². The lowest BCUT2D eigenvalue weighted by atomic mass is 9.65. The summed E-state index contributed by atoms with van der Waals surface area (Å²) < 4.78 is 5.78. The largest absolute Gasteiger partial charge is 0.498 e. The van der Waals surface area contributed by atoms with Crippen molar-refractivity contribution in [2.45, 2.75) is 50.5 Å². The molecule has 2 bridgehead atoms. The minimum absolute atomic E-state index is 0.366. The van der Waals surface area contributed by atoms with Crippen LogP contribution in [0.1, 0.15) is 44.6 Å². The first-order chi connectivity index (χ1) is 11.3. The average Bonchev–Trinajstić information content (AvgIpc) is 3.13. The SMILES string of the molecule is C=COC1CC2CC1CC2(CCC)c1ccc2ccccc2c1. The zero-order chi connectivity index (χ0) is 15.9. The van der Waals surface area contributed by atoms with E-state index in [0.29, 0.717) is 17.4 Å². The van der Waals surface area contributed by atoms with Crippen LogP contribution >= 0.6 is 0 Å². The third kappa shape index (κ3) is 2.29. The van der Waals surface area contributed by atoms with Gasteiger partial charge in [-0.15, -0.1) is 0 Å². The van der Waals surface area contributed by atoms with Crippen molar-refractivity contribution in [2.24, 2.45) is 11.8 Å². The van der Waals surface area contributed by atoms with Crippen LogP contribution in [0.3, 0.4) is 0 Å². The van der Waals surface area contributed by atoms with E-state index in [0.717, 1.165) is 5.92 Å². The van der Waals surface area contributed by atoms with Gasteiger partial charge in [0.05, 0.1) is 6.26 Å². The topological polar surface area (TPSA) is 9.23 Å². The molecule has 0 spiro atoms. The Labute approximate surface area is 139 Å². The normalized spacial score (nSPS) is 32.3. The Hall–Kier alpha value is -1.76. The van der Waals surface area contributed by atoms with Crippen molar-refractivity contribution in [3.8, 4) is 0 Å². The smallest absolute Gasteiger partial charge is 0.101 e. The van der Waals surface area contributed by atoms with Gasteiger partial charge >= 0.3 is 0 Å². The lowest BCUT2D eigenvalue weighted by molar-refractivity contribution is 0.0638. The molecule has 1 heteroatoms. The molecule has 4 rings (SSSR count). The van der Waals surface area contributed by atoms with Gasteiger partial charge in [0.2, 0.25) is 0 Å². The van der Waals surface area contributed by atoms with Crippen molar-refractivity contribution in [3.05, 3.63) is 60.9 Å². The van der Waals surface area contributed by atoms with E-state index in [1.54, 1.807) is 11.8 Å². The molecule has 0 heterocycles. The number of rotatable bonds is 5. The van der Waals surface area contributed by atoms with Crippen molar-refractivity contribution < 1.29 is 4.74 Å². The minimum atomic E-state index is 0.366. The minimum Gasteiger partial charge on any atom is -0.498 e. The van der Waals surface area contributed by atoms with E-state index < -0.39 is 0 Å². The fourth-order valence-electron chi connectivity index (χ4n) is 5.43. The van der Waals surface area contributed by atoms with Crippen LogP contribution in [0.4, 0.5) is 0 Å². The van der Waals surface area contributed by atoms with E-state index in [4.69, 9.17) is 4.74 Å². The second-order valence-corrected chi connectivity index (χ2v) is 7.44. The molecule has 120 valence electrons. The zero-order valence-electron chi connectivity index (χ0n) is 14.0. The summed E-state index contributed by atoms with van der Waals surface area (Å²) in [5.74, 6) is 1.47. The summed E-state index contributed by atoms with van der Waals surface area (Å²) in [7, 11) is 0. The van der Waals surface area contributed by atoms with Crippen molar-refractivity contribution in [1.82, 2.24) is 0 Å². The van der Waals surface area contributed by atoms with E-state index in [1.807, 2.05) is 0 Å². The summed E-state index contributed by atoms with van der Waals surface area (Å²) in [6.07, 6.45) is 8.40. The molecule has 4 unspecified atom stereocenters. The molecule has 0 amide bonds. The summed E-state index contributed by atoms with van der Waals surface area (Å²) in [5.41, 5.74) is 1.92. The van der Waals surface area contributed by atoms with Gasteiger partial charge in [-0.25, -0.2) is 0 Å². The third-order valence-corrected chi connectivity index (χ3v) is 6.33. The highest BCUT2D eigenvalue weighted by Crippen LogP contribution is 2.59. The van der Waals surface area contributed by atoms with Crippen LogP contribution in [0.2, 0.25) is 0 Å². The van der Waals surface area contributed by atoms with Gasteiger partial charge in [0.15, 0.2) is 0 Å². The van der Waals surface area contributed by atoms with Crippen molar-refractivity contribution in [1.29, 1.82) is 0 Å². The average molecular weight is 306 g/mol. The quantitative estimate of drug-likeness (QED) is 0.631. The molecule has 2 fully saturated rings. The molecular formula is C22H26O. The van der Waals surface area contributed by atoms with Crippen LogP contribution in [0, 0.1) is 11.8 Å². The van der Waals surface area contributed by atoms with Gasteiger partial charge in [-0.2, -0.15) is 0 Å². The van der Waals surface area contributed by atoms with Crippen molar-refractivity contribution in [2.75, 3.05) is 0 Å². The van der Waals surface area contributed by atoms with E-state index >= 15 is 0 Å². The number of fused-ring (bicyclic) bond motifs is 3. The first kappa shape index (κ1) is 14.8. The highest BCUT2D eigenvalue weighted by atomic mass is 16.5. The Morgan fingerprint density at radius 1 is 1.17 bits per heavy atom. The monoisotopic (exact) mass is 306 g/mol. The van der Waals surface area contributed by atoms with E-state index in [9.17, 15) is 0 Å². The zero-order valence-corrected chi connectivity index (χ0v) is 14.0. The van der Waals surface area contributed by atoms with Gasteiger partial charge in [-0.05, 0) is 59.3 Å². The van der Waals surface area contributed by atoms with Crippen molar-refractivity contribution >= 4 is 10.8 Å². The fraction of sp³-hybridized carbons (Fsp3) is 0.455. The molecule has 2 aliphatic carbocycles. The lowest BCUT2D eigenvalue weighted by Gasteiger charge is -2.40. The summed E-state index contributed by atoms with van der Waals surface area (Å²) >= 11 is 0. The van der Waals surface area contributed by atoms with Crippen LogP contribution in [0.25, 0.3) is 10.8 Å². The summed E-state index contributed by atoms with van der Waals surface area (Å²) in [5, 5.41) is 2.72. The highest BCUT2D eigenvalue weighted by Gasteiger charge is 2.55. The molecule has 0 aliphatic heterocycles. The van der Waals surface area contributed by atoms with Crippen LogP contribution in [0.5, 0.6) is 0 Å². The van der Waals surface area contributed by atoms with Crippen LogP contribution in [-0.2, 0) is 10.2 Å². The Bertz CT molecular complexity index is 719. The number of benzene rings is 2. The molecule has 0 saturated heterocycles. The number of hydrogen-bond acceptors (Lipinski definition) is 1. The Morgan fingerprint density at radius 2 is 2.00 bits per heavy atom. The molecular weight excluding hydrogens is 280 g/mol. The number of ether oxygens (including phenoxy) is 1. The van der Waals surface area contributed by atoms with Gasteiger partial charge < -0.3 is 4.74 Å². The molecule has 0 aromatic heterocycles. The van der Waals surface area contributed by atoms with E-state index in [1.165, 1.54) is 42.9 Å².